The van der Waals surface area contributed by atoms with Gasteiger partial charge in [0.05, 0.1) is 5.56 Å². The molecule has 110 valence electrons. The van der Waals surface area contributed by atoms with Gasteiger partial charge < -0.3 is 15.8 Å². The number of nitrogens with two attached hydrogens (primary N) is 1. The summed E-state index contributed by atoms with van der Waals surface area (Å²) in [6, 6.07) is 4.04. The van der Waals surface area contributed by atoms with Gasteiger partial charge in [0, 0.05) is 24.3 Å². The van der Waals surface area contributed by atoms with E-state index in [1.54, 1.807) is 0 Å². The van der Waals surface area contributed by atoms with Crippen LogP contribution in [0.1, 0.15) is 30.4 Å². The van der Waals surface area contributed by atoms with Crippen LogP contribution in [-0.4, -0.2) is 24.1 Å². The van der Waals surface area contributed by atoms with Gasteiger partial charge in [-0.1, -0.05) is 5.16 Å². The molecule has 0 aromatic heterocycles. The molecule has 1 aromatic carbocycles. The van der Waals surface area contributed by atoms with Crippen LogP contribution in [0.3, 0.4) is 0 Å². The first-order valence-corrected chi connectivity index (χ1v) is 6.26. The molecule has 3 N–H and O–H groups in total. The van der Waals surface area contributed by atoms with Gasteiger partial charge in [-0.25, -0.2) is 0 Å². The van der Waals surface area contributed by atoms with Crippen molar-refractivity contribution in [2.24, 2.45) is 10.9 Å². The van der Waals surface area contributed by atoms with Crippen molar-refractivity contribution in [2.75, 3.05) is 11.9 Å². The minimum Gasteiger partial charge on any atom is -0.409 e. The molecule has 0 atom stereocenters. The zero-order valence-electron chi connectivity index (χ0n) is 11.0. The van der Waals surface area contributed by atoms with Crippen molar-refractivity contribution in [1.29, 1.82) is 0 Å². The van der Waals surface area contributed by atoms with Crippen LogP contribution in [0.5, 0.6) is 0 Å². The number of hydrogen-bond donors (Lipinski definition) is 2. The monoisotopic (exact) mass is 287 g/mol. The highest BCUT2D eigenvalue weighted by molar-refractivity contribution is 5.99. The predicted molar refractivity (Wildman–Crippen MR) is 70.0 cm³/mol. The number of amidine groups is 1. The first kappa shape index (κ1) is 14.5. The first-order chi connectivity index (χ1) is 9.34. The van der Waals surface area contributed by atoms with E-state index in [0.717, 1.165) is 25.3 Å². The fourth-order valence-corrected chi connectivity index (χ4v) is 2.25. The van der Waals surface area contributed by atoms with Gasteiger partial charge in [0.1, 0.15) is 0 Å². The average Bonchev–Trinajstić information content (AvgIpc) is 2.33. The number of halogens is 3. The lowest BCUT2D eigenvalue weighted by Gasteiger charge is -2.36. The molecule has 1 aliphatic rings. The normalized spacial score (nSPS) is 16.9. The second-order valence-corrected chi connectivity index (χ2v) is 4.91. The number of benzene rings is 1. The minimum absolute atomic E-state index is 0.302. The summed E-state index contributed by atoms with van der Waals surface area (Å²) in [5.74, 6) is -0.541. The quantitative estimate of drug-likeness (QED) is 0.389. The fourth-order valence-electron chi connectivity index (χ4n) is 2.25. The molecule has 0 amide bonds. The lowest BCUT2D eigenvalue weighted by Crippen LogP contribution is -2.37. The Morgan fingerprint density at radius 2 is 2.05 bits per heavy atom. The molecule has 1 aromatic rings. The zero-order chi connectivity index (χ0) is 14.9. The Balaban J connectivity index is 2.43. The van der Waals surface area contributed by atoms with Crippen LogP contribution in [0, 0.1) is 0 Å². The molecule has 4 nitrogen and oxygen atoms in total. The maximum atomic E-state index is 12.9. The average molecular weight is 287 g/mol. The highest BCUT2D eigenvalue weighted by Crippen LogP contribution is 2.35. The number of oxime groups is 1. The van der Waals surface area contributed by atoms with Crippen molar-refractivity contribution in [3.8, 4) is 0 Å². The van der Waals surface area contributed by atoms with E-state index < -0.39 is 17.6 Å². The molecule has 7 heteroatoms. The molecule has 0 bridgehead atoms. The van der Waals surface area contributed by atoms with E-state index >= 15 is 0 Å². The summed E-state index contributed by atoms with van der Waals surface area (Å²) in [6.45, 7) is 0. The highest BCUT2D eigenvalue weighted by atomic mass is 19.4. The minimum atomic E-state index is -4.54. The highest BCUT2D eigenvalue weighted by Gasteiger charge is 2.35. The van der Waals surface area contributed by atoms with Gasteiger partial charge >= 0.3 is 6.18 Å². The molecular weight excluding hydrogens is 271 g/mol. The van der Waals surface area contributed by atoms with E-state index in [2.05, 4.69) is 5.16 Å². The third kappa shape index (κ3) is 2.66. The van der Waals surface area contributed by atoms with Crippen molar-refractivity contribution in [3.63, 3.8) is 0 Å². The number of nitrogens with zero attached hydrogens (tertiary/aromatic N) is 2. The van der Waals surface area contributed by atoms with Crippen molar-refractivity contribution in [1.82, 2.24) is 0 Å². The summed E-state index contributed by atoms with van der Waals surface area (Å²) in [7, 11) is 1.84. The summed E-state index contributed by atoms with van der Waals surface area (Å²) < 4.78 is 38.7. The summed E-state index contributed by atoms with van der Waals surface area (Å²) in [4.78, 5) is 1.93. The fraction of sp³-hybridized carbons (Fsp3) is 0.462. The van der Waals surface area contributed by atoms with Crippen LogP contribution in [0.4, 0.5) is 18.9 Å². The Labute approximate surface area is 114 Å². The summed E-state index contributed by atoms with van der Waals surface area (Å²) in [6.07, 6.45) is -1.37. The second-order valence-electron chi connectivity index (χ2n) is 4.91. The van der Waals surface area contributed by atoms with E-state index in [0.29, 0.717) is 11.7 Å². The Morgan fingerprint density at radius 1 is 1.40 bits per heavy atom. The van der Waals surface area contributed by atoms with Crippen LogP contribution < -0.4 is 10.6 Å². The molecule has 1 fully saturated rings. The molecule has 1 aliphatic carbocycles. The number of hydrogen-bond acceptors (Lipinski definition) is 3. The Morgan fingerprint density at radius 3 is 2.50 bits per heavy atom. The smallest absolute Gasteiger partial charge is 0.409 e. The van der Waals surface area contributed by atoms with Gasteiger partial charge in [-0.3, -0.25) is 0 Å². The van der Waals surface area contributed by atoms with Gasteiger partial charge in [-0.05, 0) is 37.5 Å². The Hall–Kier alpha value is -1.92. The second kappa shape index (κ2) is 5.22. The molecule has 0 heterocycles. The van der Waals surface area contributed by atoms with Gasteiger partial charge in [0.15, 0.2) is 5.84 Å². The molecule has 0 spiro atoms. The van der Waals surface area contributed by atoms with Crippen molar-refractivity contribution in [3.05, 3.63) is 29.3 Å². The van der Waals surface area contributed by atoms with Crippen molar-refractivity contribution < 1.29 is 18.4 Å². The largest absolute Gasteiger partial charge is 0.417 e. The van der Waals surface area contributed by atoms with Gasteiger partial charge in [0.2, 0.25) is 0 Å². The zero-order valence-corrected chi connectivity index (χ0v) is 11.0. The predicted octanol–water partition coefficient (Wildman–Crippen LogP) is 2.79. The Kier molecular flexibility index (Phi) is 3.78. The third-order valence-electron chi connectivity index (χ3n) is 3.72. The van der Waals surface area contributed by atoms with E-state index in [4.69, 9.17) is 10.9 Å². The number of anilines is 1. The lowest BCUT2D eigenvalue weighted by atomic mass is 9.91. The van der Waals surface area contributed by atoms with Crippen molar-refractivity contribution >= 4 is 11.5 Å². The van der Waals surface area contributed by atoms with E-state index in [9.17, 15) is 13.2 Å². The lowest BCUT2D eigenvalue weighted by molar-refractivity contribution is -0.137. The summed E-state index contributed by atoms with van der Waals surface area (Å²) in [5.41, 5.74) is 4.79. The van der Waals surface area contributed by atoms with E-state index in [1.807, 2.05) is 11.9 Å². The molecule has 1 saturated carbocycles. The molecule has 2 rings (SSSR count). The molecule has 0 unspecified atom stereocenters. The standard InChI is InChI=1S/C13H16F3N3O/c1-19(8-3-2-4-8)9-5-6-11(13(14,15)16)10(7-9)12(17)18-20/h5-8,20H,2-4H2,1H3,(H2,17,18). The molecule has 0 saturated heterocycles. The number of alkyl halides is 3. The topological polar surface area (TPSA) is 61.8 Å². The van der Waals surface area contributed by atoms with E-state index in [-0.39, 0.29) is 5.56 Å². The summed E-state index contributed by atoms with van der Waals surface area (Å²) >= 11 is 0. The first-order valence-electron chi connectivity index (χ1n) is 6.26. The SMILES string of the molecule is CN(c1ccc(C(F)(F)F)c(/C(N)=N/O)c1)C1CCC1. The van der Waals surface area contributed by atoms with Gasteiger partial charge in [-0.2, -0.15) is 13.2 Å². The maximum absolute atomic E-state index is 12.9. The third-order valence-corrected chi connectivity index (χ3v) is 3.72. The van der Waals surface area contributed by atoms with Gasteiger partial charge in [-0.15, -0.1) is 0 Å². The molecule has 20 heavy (non-hydrogen) atoms. The van der Waals surface area contributed by atoms with Gasteiger partial charge in [0.25, 0.3) is 0 Å². The maximum Gasteiger partial charge on any atom is 0.417 e. The van der Waals surface area contributed by atoms with Crippen LogP contribution >= 0.6 is 0 Å². The molecular formula is C13H16F3N3O. The van der Waals surface area contributed by atoms with Crippen LogP contribution in [-0.2, 0) is 6.18 Å². The number of rotatable bonds is 3. The summed E-state index contributed by atoms with van der Waals surface area (Å²) in [5, 5.41) is 11.3. The van der Waals surface area contributed by atoms with Crippen LogP contribution in [0.25, 0.3) is 0 Å². The van der Waals surface area contributed by atoms with Crippen LogP contribution in [0.2, 0.25) is 0 Å². The molecule has 0 aliphatic heterocycles. The van der Waals surface area contributed by atoms with Crippen molar-refractivity contribution in [2.45, 2.75) is 31.5 Å². The van der Waals surface area contributed by atoms with E-state index in [1.165, 1.54) is 12.1 Å². The molecule has 0 radical (unpaired) electrons. The Bertz CT molecular complexity index is 524. The van der Waals surface area contributed by atoms with Crippen LogP contribution in [0.15, 0.2) is 23.4 Å².